The average molecular weight is 263 g/mol. The van der Waals surface area contributed by atoms with E-state index >= 15 is 0 Å². The van der Waals surface area contributed by atoms with E-state index in [4.69, 9.17) is 4.74 Å². The predicted octanol–water partition coefficient (Wildman–Crippen LogP) is 2.27. The van der Waals surface area contributed by atoms with E-state index in [0.717, 1.165) is 17.2 Å². The minimum atomic E-state index is -0.150. The highest BCUT2D eigenvalue weighted by Crippen LogP contribution is 2.16. The molecule has 0 unspecified atom stereocenters. The molecule has 1 amide bonds. The van der Waals surface area contributed by atoms with E-state index in [-0.39, 0.29) is 12.5 Å². The molecule has 0 fully saturated rings. The second-order valence-corrected chi connectivity index (χ2v) is 4.29. The minimum Gasteiger partial charge on any atom is -0.372 e. The van der Waals surface area contributed by atoms with Gasteiger partial charge in [0.05, 0.1) is 5.69 Å². The third-order valence-electron chi connectivity index (χ3n) is 2.53. The Morgan fingerprint density at radius 2 is 1.95 bits per heavy atom. The Hall–Kier alpha value is -1.88. The predicted molar refractivity (Wildman–Crippen MR) is 78.0 cm³/mol. The van der Waals surface area contributed by atoms with E-state index in [1.54, 1.807) is 0 Å². The van der Waals surface area contributed by atoms with E-state index in [1.165, 1.54) is 0 Å². The van der Waals surface area contributed by atoms with Crippen LogP contribution in [0.3, 0.4) is 0 Å². The van der Waals surface area contributed by atoms with Gasteiger partial charge in [0.25, 0.3) is 0 Å². The van der Waals surface area contributed by atoms with Crippen LogP contribution in [0.15, 0.2) is 29.3 Å². The van der Waals surface area contributed by atoms with E-state index in [0.29, 0.717) is 6.61 Å². The van der Waals surface area contributed by atoms with Gasteiger partial charge in [-0.15, -0.1) is 0 Å². The molecule has 0 aliphatic heterocycles. The standard InChI is InChI=1S/C14H21N3O2/c1-5-19-10-14(18)16-13-8-6-12(7-9-13)15-11(2)17(3)4/h6-9H,5,10H2,1-4H3,(H,16,18)/b15-11+. The van der Waals surface area contributed by atoms with Crippen LogP contribution in [0.2, 0.25) is 0 Å². The van der Waals surface area contributed by atoms with Crippen molar-refractivity contribution in [3.8, 4) is 0 Å². The molecule has 0 spiro atoms. The van der Waals surface area contributed by atoms with Gasteiger partial charge in [0.1, 0.15) is 12.4 Å². The molecule has 0 aliphatic rings. The Morgan fingerprint density at radius 3 is 2.47 bits per heavy atom. The first-order chi connectivity index (χ1) is 9.02. The van der Waals surface area contributed by atoms with Gasteiger partial charge in [-0.2, -0.15) is 0 Å². The number of carbonyl (C=O) groups is 1. The third kappa shape index (κ3) is 5.52. The summed E-state index contributed by atoms with van der Waals surface area (Å²) in [5.74, 6) is 0.774. The van der Waals surface area contributed by atoms with Gasteiger partial charge in [0, 0.05) is 26.4 Å². The molecular formula is C14H21N3O2. The lowest BCUT2D eigenvalue weighted by Gasteiger charge is -2.11. The molecule has 0 atom stereocenters. The zero-order valence-electron chi connectivity index (χ0n) is 11.9. The van der Waals surface area contributed by atoms with E-state index in [2.05, 4.69) is 10.3 Å². The zero-order chi connectivity index (χ0) is 14.3. The molecule has 104 valence electrons. The lowest BCUT2D eigenvalue weighted by molar-refractivity contribution is -0.120. The Balaban J connectivity index is 2.61. The highest BCUT2D eigenvalue weighted by atomic mass is 16.5. The highest BCUT2D eigenvalue weighted by molar-refractivity contribution is 5.92. The SMILES string of the molecule is CCOCC(=O)Nc1ccc(/N=C(\C)N(C)C)cc1. The van der Waals surface area contributed by atoms with Crippen LogP contribution in [0, 0.1) is 0 Å². The fourth-order valence-electron chi connectivity index (χ4n) is 1.30. The number of ether oxygens (including phenoxy) is 1. The summed E-state index contributed by atoms with van der Waals surface area (Å²) in [4.78, 5) is 17.8. The van der Waals surface area contributed by atoms with Crippen molar-refractivity contribution >= 4 is 23.1 Å². The zero-order valence-corrected chi connectivity index (χ0v) is 11.9. The fraction of sp³-hybridized carbons (Fsp3) is 0.429. The molecule has 1 rings (SSSR count). The monoisotopic (exact) mass is 263 g/mol. The summed E-state index contributed by atoms with van der Waals surface area (Å²) in [6.45, 7) is 4.41. The van der Waals surface area contributed by atoms with Crippen molar-refractivity contribution < 1.29 is 9.53 Å². The lowest BCUT2D eigenvalue weighted by atomic mass is 10.3. The van der Waals surface area contributed by atoms with Crippen LogP contribution in [0.5, 0.6) is 0 Å². The van der Waals surface area contributed by atoms with Crippen molar-refractivity contribution in [1.82, 2.24) is 4.90 Å². The van der Waals surface area contributed by atoms with Gasteiger partial charge in [-0.05, 0) is 38.1 Å². The van der Waals surface area contributed by atoms with Gasteiger partial charge >= 0.3 is 0 Å². The van der Waals surface area contributed by atoms with Crippen LogP contribution in [0.4, 0.5) is 11.4 Å². The number of hydrogen-bond donors (Lipinski definition) is 1. The van der Waals surface area contributed by atoms with Crippen LogP contribution in [0.25, 0.3) is 0 Å². The number of hydrogen-bond acceptors (Lipinski definition) is 3. The fourth-order valence-corrected chi connectivity index (χ4v) is 1.30. The molecule has 0 bridgehead atoms. The number of carbonyl (C=O) groups excluding carboxylic acids is 1. The van der Waals surface area contributed by atoms with Crippen LogP contribution < -0.4 is 5.32 Å². The van der Waals surface area contributed by atoms with Gasteiger partial charge in [-0.25, -0.2) is 4.99 Å². The molecule has 5 nitrogen and oxygen atoms in total. The maximum Gasteiger partial charge on any atom is 0.250 e. The summed E-state index contributed by atoms with van der Waals surface area (Å²) < 4.78 is 5.03. The van der Waals surface area contributed by atoms with Crippen LogP contribution in [-0.2, 0) is 9.53 Å². The summed E-state index contributed by atoms with van der Waals surface area (Å²) in [6.07, 6.45) is 0. The first kappa shape index (κ1) is 15.2. The van der Waals surface area contributed by atoms with Crippen molar-refractivity contribution in [2.24, 2.45) is 4.99 Å². The average Bonchev–Trinajstić information content (AvgIpc) is 2.38. The maximum atomic E-state index is 11.5. The smallest absolute Gasteiger partial charge is 0.250 e. The number of amidine groups is 1. The second-order valence-electron chi connectivity index (χ2n) is 4.29. The van der Waals surface area contributed by atoms with Crippen molar-refractivity contribution in [1.29, 1.82) is 0 Å². The summed E-state index contributed by atoms with van der Waals surface area (Å²) >= 11 is 0. The molecule has 0 radical (unpaired) electrons. The summed E-state index contributed by atoms with van der Waals surface area (Å²) in [5, 5.41) is 2.76. The van der Waals surface area contributed by atoms with Gasteiger partial charge in [-0.3, -0.25) is 4.79 Å². The maximum absolute atomic E-state index is 11.5. The van der Waals surface area contributed by atoms with E-state index in [9.17, 15) is 4.79 Å². The van der Waals surface area contributed by atoms with Crippen molar-refractivity contribution in [3.63, 3.8) is 0 Å². The molecule has 1 aromatic rings. The molecule has 5 heteroatoms. The second kappa shape index (κ2) is 7.53. The first-order valence-corrected chi connectivity index (χ1v) is 6.23. The third-order valence-corrected chi connectivity index (χ3v) is 2.53. The van der Waals surface area contributed by atoms with E-state index < -0.39 is 0 Å². The number of aliphatic imine (C=N–C) groups is 1. The topological polar surface area (TPSA) is 53.9 Å². The molecule has 0 aromatic heterocycles. The first-order valence-electron chi connectivity index (χ1n) is 6.23. The molecule has 0 heterocycles. The van der Waals surface area contributed by atoms with Crippen molar-refractivity contribution in [2.45, 2.75) is 13.8 Å². The summed E-state index contributed by atoms with van der Waals surface area (Å²) in [5.41, 5.74) is 1.60. The Morgan fingerprint density at radius 1 is 1.32 bits per heavy atom. The number of nitrogens with one attached hydrogen (secondary N) is 1. The Labute approximate surface area is 114 Å². The number of amides is 1. The van der Waals surface area contributed by atoms with Crippen molar-refractivity contribution in [3.05, 3.63) is 24.3 Å². The molecule has 1 aromatic carbocycles. The molecule has 0 saturated carbocycles. The quantitative estimate of drug-likeness (QED) is 0.655. The number of nitrogens with zero attached hydrogens (tertiary/aromatic N) is 2. The molecule has 1 N–H and O–H groups in total. The number of rotatable bonds is 5. The van der Waals surface area contributed by atoms with E-state index in [1.807, 2.05) is 57.1 Å². The summed E-state index contributed by atoms with van der Waals surface area (Å²) in [7, 11) is 3.89. The van der Waals surface area contributed by atoms with Crippen LogP contribution in [-0.4, -0.2) is 44.0 Å². The lowest BCUT2D eigenvalue weighted by Crippen LogP contribution is -2.18. The van der Waals surface area contributed by atoms with Gasteiger partial charge in [0.2, 0.25) is 5.91 Å². The summed E-state index contributed by atoms with van der Waals surface area (Å²) in [6, 6.07) is 7.38. The Bertz CT molecular complexity index is 439. The molecular weight excluding hydrogens is 242 g/mol. The van der Waals surface area contributed by atoms with Gasteiger partial charge < -0.3 is 15.0 Å². The Kier molecular flexibility index (Phi) is 6.02. The number of anilines is 1. The van der Waals surface area contributed by atoms with Gasteiger partial charge in [-0.1, -0.05) is 0 Å². The van der Waals surface area contributed by atoms with Crippen LogP contribution >= 0.6 is 0 Å². The highest BCUT2D eigenvalue weighted by Gasteiger charge is 2.02. The minimum absolute atomic E-state index is 0.0795. The van der Waals surface area contributed by atoms with Crippen LogP contribution in [0.1, 0.15) is 13.8 Å². The molecule has 0 saturated heterocycles. The van der Waals surface area contributed by atoms with Gasteiger partial charge in [0.15, 0.2) is 0 Å². The normalized spacial score (nSPS) is 11.3. The largest absolute Gasteiger partial charge is 0.372 e. The molecule has 19 heavy (non-hydrogen) atoms. The molecule has 0 aliphatic carbocycles. The van der Waals surface area contributed by atoms with Crippen molar-refractivity contribution in [2.75, 3.05) is 32.6 Å². The number of benzene rings is 1.